The fraction of sp³-hybridized carbons (Fsp3) is 0.211. The van der Waals surface area contributed by atoms with Crippen molar-refractivity contribution in [1.82, 2.24) is 9.97 Å². The van der Waals surface area contributed by atoms with Crippen molar-refractivity contribution in [3.8, 4) is 11.3 Å². The lowest BCUT2D eigenvalue weighted by atomic mass is 10.0. The van der Waals surface area contributed by atoms with Gasteiger partial charge >= 0.3 is 0 Å². The van der Waals surface area contributed by atoms with Crippen LogP contribution >= 0.6 is 0 Å². The van der Waals surface area contributed by atoms with Gasteiger partial charge in [-0.05, 0) is 24.5 Å². The first kappa shape index (κ1) is 14.4. The van der Waals surface area contributed by atoms with Crippen LogP contribution in [0.4, 0.5) is 5.69 Å². The Labute approximate surface area is 131 Å². The summed E-state index contributed by atoms with van der Waals surface area (Å²) in [7, 11) is 4.13. The predicted molar refractivity (Wildman–Crippen MR) is 92.2 cm³/mol. The lowest BCUT2D eigenvalue weighted by Gasteiger charge is -2.17. The molecule has 0 unspecified atom stereocenters. The van der Waals surface area contributed by atoms with E-state index in [1.54, 1.807) is 6.33 Å². The van der Waals surface area contributed by atoms with Gasteiger partial charge in [-0.1, -0.05) is 48.5 Å². The summed E-state index contributed by atoms with van der Waals surface area (Å²) in [6.07, 6.45) is 3.77. The minimum Gasteiger partial charge on any atom is -0.377 e. The normalized spacial score (nSPS) is 10.6. The maximum atomic E-state index is 4.56. The molecule has 0 aliphatic carbocycles. The van der Waals surface area contributed by atoms with Gasteiger partial charge < -0.3 is 9.88 Å². The van der Waals surface area contributed by atoms with Crippen LogP contribution in [-0.4, -0.2) is 24.1 Å². The highest BCUT2D eigenvalue weighted by atomic mass is 15.1. The van der Waals surface area contributed by atoms with Crippen molar-refractivity contribution < 1.29 is 0 Å². The molecular formula is C19H21N3. The Bertz CT molecular complexity index is 729. The fourth-order valence-electron chi connectivity index (χ4n) is 2.72. The Morgan fingerprint density at radius 2 is 1.64 bits per heavy atom. The van der Waals surface area contributed by atoms with Crippen molar-refractivity contribution in [2.75, 3.05) is 19.0 Å². The molecule has 0 atom stereocenters. The van der Waals surface area contributed by atoms with Crippen LogP contribution in [0.3, 0.4) is 0 Å². The Balaban J connectivity index is 1.87. The third kappa shape index (κ3) is 3.03. The first-order valence-electron chi connectivity index (χ1n) is 7.58. The van der Waals surface area contributed by atoms with Crippen LogP contribution in [0.1, 0.15) is 11.3 Å². The Kier molecular flexibility index (Phi) is 4.24. The number of aromatic nitrogens is 2. The first-order chi connectivity index (χ1) is 10.8. The molecule has 0 fully saturated rings. The number of aryl methyl sites for hydroxylation is 2. The number of hydrogen-bond donors (Lipinski definition) is 1. The van der Waals surface area contributed by atoms with Gasteiger partial charge in [0.2, 0.25) is 0 Å². The van der Waals surface area contributed by atoms with Crippen molar-refractivity contribution in [2.24, 2.45) is 0 Å². The number of anilines is 1. The summed E-state index contributed by atoms with van der Waals surface area (Å²) in [6.45, 7) is 0. The second-order valence-electron chi connectivity index (χ2n) is 5.63. The topological polar surface area (TPSA) is 31.9 Å². The number of nitrogens with one attached hydrogen (secondary N) is 1. The number of rotatable bonds is 5. The fourth-order valence-corrected chi connectivity index (χ4v) is 2.72. The van der Waals surface area contributed by atoms with Crippen LogP contribution in [0.5, 0.6) is 0 Å². The van der Waals surface area contributed by atoms with Crippen LogP contribution in [0.25, 0.3) is 11.3 Å². The molecule has 3 rings (SSSR count). The van der Waals surface area contributed by atoms with Gasteiger partial charge in [0.05, 0.1) is 12.0 Å². The van der Waals surface area contributed by atoms with E-state index in [0.717, 1.165) is 18.5 Å². The number of benzene rings is 2. The lowest BCUT2D eigenvalue weighted by molar-refractivity contribution is 0.927. The summed E-state index contributed by atoms with van der Waals surface area (Å²) in [5.41, 5.74) is 5.97. The average Bonchev–Trinajstić information content (AvgIpc) is 3.02. The number of aromatic amines is 1. The van der Waals surface area contributed by atoms with Gasteiger partial charge in [0, 0.05) is 31.0 Å². The van der Waals surface area contributed by atoms with Crippen LogP contribution in [-0.2, 0) is 12.8 Å². The summed E-state index contributed by atoms with van der Waals surface area (Å²) in [4.78, 5) is 10.0. The predicted octanol–water partition coefficient (Wildman–Crippen LogP) is 3.93. The number of nitrogens with zero attached hydrogens (tertiary/aromatic N) is 2. The van der Waals surface area contributed by atoms with Crippen molar-refractivity contribution >= 4 is 5.69 Å². The third-order valence-electron chi connectivity index (χ3n) is 3.87. The second kappa shape index (κ2) is 6.48. The zero-order valence-electron chi connectivity index (χ0n) is 13.1. The Hall–Kier alpha value is -2.55. The molecule has 22 heavy (non-hydrogen) atoms. The zero-order chi connectivity index (χ0) is 15.4. The van der Waals surface area contributed by atoms with Crippen molar-refractivity contribution in [3.05, 3.63) is 72.2 Å². The van der Waals surface area contributed by atoms with Gasteiger partial charge in [-0.2, -0.15) is 0 Å². The quantitative estimate of drug-likeness (QED) is 0.772. The number of H-pyrrole nitrogens is 1. The molecule has 1 aromatic heterocycles. The van der Waals surface area contributed by atoms with Crippen LogP contribution < -0.4 is 4.90 Å². The summed E-state index contributed by atoms with van der Waals surface area (Å²) in [5.74, 6) is 0. The van der Waals surface area contributed by atoms with Gasteiger partial charge in [0.15, 0.2) is 0 Å². The molecule has 0 spiro atoms. The number of imidazole rings is 1. The highest BCUT2D eigenvalue weighted by Crippen LogP contribution is 2.30. The molecule has 3 aromatic rings. The van der Waals surface area contributed by atoms with E-state index < -0.39 is 0 Å². The maximum Gasteiger partial charge on any atom is 0.0933 e. The van der Waals surface area contributed by atoms with Gasteiger partial charge in [0.25, 0.3) is 0 Å². The minimum absolute atomic E-state index is 0.959. The van der Waals surface area contributed by atoms with Crippen molar-refractivity contribution in [2.45, 2.75) is 12.8 Å². The lowest BCUT2D eigenvalue weighted by Crippen LogP contribution is -2.10. The third-order valence-corrected chi connectivity index (χ3v) is 3.87. The Morgan fingerprint density at radius 1 is 0.909 bits per heavy atom. The molecule has 0 saturated heterocycles. The SMILES string of the molecule is CN(C)c1ccccc1-c1nc[nH]c1CCc1ccccc1. The van der Waals surface area contributed by atoms with Crippen LogP contribution in [0, 0.1) is 0 Å². The van der Waals surface area contributed by atoms with E-state index >= 15 is 0 Å². The van der Waals surface area contributed by atoms with Gasteiger partial charge in [-0.15, -0.1) is 0 Å². The van der Waals surface area contributed by atoms with E-state index in [2.05, 4.69) is 83.6 Å². The van der Waals surface area contributed by atoms with E-state index in [1.165, 1.54) is 22.5 Å². The largest absolute Gasteiger partial charge is 0.377 e. The van der Waals surface area contributed by atoms with Gasteiger partial charge in [-0.25, -0.2) is 4.98 Å². The monoisotopic (exact) mass is 291 g/mol. The summed E-state index contributed by atoms with van der Waals surface area (Å²) < 4.78 is 0. The standard InChI is InChI=1S/C19H21N3/c1-22(2)18-11-7-6-10-16(18)19-17(20-14-21-19)13-12-15-8-4-3-5-9-15/h3-11,14H,12-13H2,1-2H3,(H,20,21). The number of hydrogen-bond acceptors (Lipinski definition) is 2. The maximum absolute atomic E-state index is 4.56. The molecule has 112 valence electrons. The molecule has 0 aliphatic rings. The van der Waals surface area contributed by atoms with Crippen molar-refractivity contribution in [1.29, 1.82) is 0 Å². The highest BCUT2D eigenvalue weighted by Gasteiger charge is 2.13. The molecule has 0 radical (unpaired) electrons. The zero-order valence-corrected chi connectivity index (χ0v) is 13.1. The molecular weight excluding hydrogens is 270 g/mol. The van der Waals surface area contributed by atoms with Gasteiger partial charge in [0.1, 0.15) is 0 Å². The molecule has 3 nitrogen and oxygen atoms in total. The van der Waals surface area contributed by atoms with E-state index in [0.29, 0.717) is 0 Å². The van der Waals surface area contributed by atoms with Gasteiger partial charge in [-0.3, -0.25) is 0 Å². The first-order valence-corrected chi connectivity index (χ1v) is 7.58. The van der Waals surface area contributed by atoms with E-state index in [-0.39, 0.29) is 0 Å². The smallest absolute Gasteiger partial charge is 0.0933 e. The molecule has 3 heteroatoms. The molecule has 0 amide bonds. The van der Waals surface area contributed by atoms with Crippen LogP contribution in [0.15, 0.2) is 60.9 Å². The molecule has 2 aromatic carbocycles. The van der Waals surface area contributed by atoms with Crippen LogP contribution in [0.2, 0.25) is 0 Å². The minimum atomic E-state index is 0.959. The molecule has 0 bridgehead atoms. The van der Waals surface area contributed by atoms with Crippen molar-refractivity contribution in [3.63, 3.8) is 0 Å². The summed E-state index contributed by atoms with van der Waals surface area (Å²) >= 11 is 0. The summed E-state index contributed by atoms with van der Waals surface area (Å²) in [6, 6.07) is 19.0. The van der Waals surface area contributed by atoms with E-state index in [4.69, 9.17) is 0 Å². The molecule has 0 aliphatic heterocycles. The summed E-state index contributed by atoms with van der Waals surface area (Å²) in [5, 5.41) is 0. The molecule has 1 heterocycles. The average molecular weight is 291 g/mol. The molecule has 1 N–H and O–H groups in total. The Morgan fingerprint density at radius 3 is 2.41 bits per heavy atom. The van der Waals surface area contributed by atoms with E-state index in [1.807, 2.05) is 0 Å². The van der Waals surface area contributed by atoms with E-state index in [9.17, 15) is 0 Å². The number of para-hydroxylation sites is 1. The second-order valence-corrected chi connectivity index (χ2v) is 5.63. The molecule has 0 saturated carbocycles. The highest BCUT2D eigenvalue weighted by molar-refractivity contribution is 5.77.